The molecule has 1 aromatic rings. The molecule has 1 atom stereocenters. The summed E-state index contributed by atoms with van der Waals surface area (Å²) >= 11 is 0. The van der Waals surface area contributed by atoms with Gasteiger partial charge in [-0.15, -0.1) is 0 Å². The number of nitrogens with one attached hydrogen (secondary N) is 1. The molecule has 88 valence electrons. The zero-order valence-electron chi connectivity index (χ0n) is 8.75. The third kappa shape index (κ3) is 3.50. The number of carboxylic acid groups (broad SMARTS) is 2. The smallest absolute Gasteiger partial charge is 0.326 e. The summed E-state index contributed by atoms with van der Waals surface area (Å²) in [5.41, 5.74) is 0.577. The number of anilines is 1. The van der Waals surface area contributed by atoms with E-state index in [-0.39, 0.29) is 5.56 Å². The van der Waals surface area contributed by atoms with Crippen molar-refractivity contribution in [2.75, 3.05) is 5.32 Å². The maximum Gasteiger partial charge on any atom is 0.326 e. The molecule has 0 heterocycles. The Bertz CT molecular complexity index is 479. The Balaban J connectivity index is 2.90. The van der Waals surface area contributed by atoms with Crippen molar-refractivity contribution in [1.82, 2.24) is 0 Å². The zero-order valence-corrected chi connectivity index (χ0v) is 8.75. The van der Waals surface area contributed by atoms with Crippen LogP contribution in [0.4, 0.5) is 5.69 Å². The molecule has 0 bridgehead atoms. The van der Waals surface area contributed by atoms with E-state index in [1.54, 1.807) is 12.1 Å². The molecule has 0 radical (unpaired) electrons. The van der Waals surface area contributed by atoms with Crippen LogP contribution in [0.15, 0.2) is 24.3 Å². The largest absolute Gasteiger partial charge is 0.481 e. The summed E-state index contributed by atoms with van der Waals surface area (Å²) in [7, 11) is 0. The SMILES string of the molecule is N#Cc1ccccc1NC(CC(=O)O)C(=O)O. The zero-order chi connectivity index (χ0) is 12.8. The summed E-state index contributed by atoms with van der Waals surface area (Å²) in [4.78, 5) is 21.3. The Hall–Kier alpha value is -2.55. The summed E-state index contributed by atoms with van der Waals surface area (Å²) in [6.45, 7) is 0. The number of carbonyl (C=O) groups is 2. The van der Waals surface area contributed by atoms with E-state index in [9.17, 15) is 9.59 Å². The second-order valence-corrected chi connectivity index (χ2v) is 3.29. The van der Waals surface area contributed by atoms with Crippen LogP contribution < -0.4 is 5.32 Å². The predicted molar refractivity (Wildman–Crippen MR) is 58.5 cm³/mol. The van der Waals surface area contributed by atoms with Crippen molar-refractivity contribution in [2.24, 2.45) is 0 Å². The summed E-state index contributed by atoms with van der Waals surface area (Å²) < 4.78 is 0. The normalized spacial score (nSPS) is 11.2. The minimum absolute atomic E-state index is 0.268. The molecule has 0 amide bonds. The molecule has 0 aliphatic rings. The van der Waals surface area contributed by atoms with Crippen molar-refractivity contribution >= 4 is 17.6 Å². The van der Waals surface area contributed by atoms with Gasteiger partial charge in [0.1, 0.15) is 12.1 Å². The number of carboxylic acids is 2. The van der Waals surface area contributed by atoms with Crippen LogP contribution in [0.25, 0.3) is 0 Å². The quantitative estimate of drug-likeness (QED) is 0.698. The van der Waals surface area contributed by atoms with Gasteiger partial charge in [-0.1, -0.05) is 12.1 Å². The van der Waals surface area contributed by atoms with Gasteiger partial charge < -0.3 is 15.5 Å². The third-order valence-corrected chi connectivity index (χ3v) is 2.05. The van der Waals surface area contributed by atoms with Crippen molar-refractivity contribution in [3.05, 3.63) is 29.8 Å². The first-order valence-electron chi connectivity index (χ1n) is 4.75. The van der Waals surface area contributed by atoms with Gasteiger partial charge in [0.05, 0.1) is 17.7 Å². The lowest BCUT2D eigenvalue weighted by Gasteiger charge is -2.14. The van der Waals surface area contributed by atoms with Gasteiger partial charge >= 0.3 is 11.9 Å². The van der Waals surface area contributed by atoms with Crippen LogP contribution in [0.3, 0.4) is 0 Å². The molecule has 0 aliphatic heterocycles. The highest BCUT2D eigenvalue weighted by atomic mass is 16.4. The Morgan fingerprint density at radius 1 is 1.35 bits per heavy atom. The van der Waals surface area contributed by atoms with E-state index in [1.165, 1.54) is 12.1 Å². The van der Waals surface area contributed by atoms with Gasteiger partial charge in [0, 0.05) is 0 Å². The molecule has 0 spiro atoms. The number of benzene rings is 1. The molecule has 1 rings (SSSR count). The minimum Gasteiger partial charge on any atom is -0.481 e. The molecular weight excluding hydrogens is 224 g/mol. The molecular formula is C11H10N2O4. The van der Waals surface area contributed by atoms with Crippen LogP contribution in [0, 0.1) is 11.3 Å². The molecule has 1 aromatic carbocycles. The van der Waals surface area contributed by atoms with Gasteiger partial charge in [0.15, 0.2) is 0 Å². The number of nitrogens with zero attached hydrogens (tertiary/aromatic N) is 1. The molecule has 17 heavy (non-hydrogen) atoms. The van der Waals surface area contributed by atoms with E-state index in [2.05, 4.69) is 5.32 Å². The van der Waals surface area contributed by atoms with Crippen molar-refractivity contribution < 1.29 is 19.8 Å². The lowest BCUT2D eigenvalue weighted by atomic mass is 10.1. The lowest BCUT2D eigenvalue weighted by Crippen LogP contribution is -2.32. The maximum atomic E-state index is 10.8. The van der Waals surface area contributed by atoms with E-state index >= 15 is 0 Å². The first-order chi connectivity index (χ1) is 8.04. The van der Waals surface area contributed by atoms with Crippen LogP contribution in [0.5, 0.6) is 0 Å². The molecule has 0 saturated carbocycles. The Kier molecular flexibility index (Phi) is 4.06. The summed E-state index contributed by atoms with van der Waals surface area (Å²) in [5.74, 6) is -2.50. The number of hydrogen-bond donors (Lipinski definition) is 3. The molecule has 0 saturated heterocycles. The number of aliphatic carboxylic acids is 2. The molecule has 0 aromatic heterocycles. The first kappa shape index (κ1) is 12.5. The number of hydrogen-bond acceptors (Lipinski definition) is 4. The van der Waals surface area contributed by atoms with Crippen molar-refractivity contribution in [3.8, 4) is 6.07 Å². The van der Waals surface area contributed by atoms with Crippen LogP contribution in [-0.2, 0) is 9.59 Å². The Labute approximate surface area is 97.1 Å². The number of para-hydroxylation sites is 1. The topological polar surface area (TPSA) is 110 Å². The van der Waals surface area contributed by atoms with E-state index in [0.29, 0.717) is 5.69 Å². The molecule has 6 nitrogen and oxygen atoms in total. The van der Waals surface area contributed by atoms with E-state index < -0.39 is 24.4 Å². The van der Waals surface area contributed by atoms with Gasteiger partial charge in [-0.3, -0.25) is 4.79 Å². The fraction of sp³-hybridized carbons (Fsp3) is 0.182. The molecule has 3 N–H and O–H groups in total. The Morgan fingerprint density at radius 2 is 2.00 bits per heavy atom. The fourth-order valence-electron chi connectivity index (χ4n) is 1.27. The van der Waals surface area contributed by atoms with Crippen molar-refractivity contribution in [3.63, 3.8) is 0 Å². The monoisotopic (exact) mass is 234 g/mol. The molecule has 1 unspecified atom stereocenters. The second kappa shape index (κ2) is 5.51. The highest BCUT2D eigenvalue weighted by molar-refractivity contribution is 5.83. The van der Waals surface area contributed by atoms with Crippen molar-refractivity contribution in [1.29, 1.82) is 5.26 Å². The highest BCUT2D eigenvalue weighted by Crippen LogP contribution is 2.15. The molecule has 0 aliphatic carbocycles. The summed E-state index contributed by atoms with van der Waals surface area (Å²) in [6.07, 6.45) is -0.560. The van der Waals surface area contributed by atoms with E-state index in [0.717, 1.165) is 0 Å². The average Bonchev–Trinajstić information content (AvgIpc) is 2.28. The van der Waals surface area contributed by atoms with Crippen LogP contribution in [0.1, 0.15) is 12.0 Å². The van der Waals surface area contributed by atoms with E-state index in [1.807, 2.05) is 6.07 Å². The average molecular weight is 234 g/mol. The van der Waals surface area contributed by atoms with Crippen LogP contribution in [0.2, 0.25) is 0 Å². The summed E-state index contributed by atoms with van der Waals surface area (Å²) in [5, 5.41) is 28.7. The second-order valence-electron chi connectivity index (χ2n) is 3.29. The Morgan fingerprint density at radius 3 is 2.53 bits per heavy atom. The fourth-order valence-corrected chi connectivity index (χ4v) is 1.27. The third-order valence-electron chi connectivity index (χ3n) is 2.05. The number of nitriles is 1. The van der Waals surface area contributed by atoms with Gasteiger partial charge in [0.2, 0.25) is 0 Å². The van der Waals surface area contributed by atoms with Crippen molar-refractivity contribution in [2.45, 2.75) is 12.5 Å². The maximum absolute atomic E-state index is 10.8. The standard InChI is InChI=1S/C11H10N2O4/c12-6-7-3-1-2-4-8(7)13-9(11(16)17)5-10(14)15/h1-4,9,13H,5H2,(H,14,15)(H,16,17). The minimum atomic E-state index is -1.28. The van der Waals surface area contributed by atoms with Gasteiger partial charge in [-0.05, 0) is 12.1 Å². The highest BCUT2D eigenvalue weighted by Gasteiger charge is 2.21. The van der Waals surface area contributed by atoms with Gasteiger partial charge in [0.25, 0.3) is 0 Å². The van der Waals surface area contributed by atoms with Gasteiger partial charge in [-0.2, -0.15) is 5.26 Å². The molecule has 6 heteroatoms. The predicted octanol–water partition coefficient (Wildman–Crippen LogP) is 0.898. The van der Waals surface area contributed by atoms with E-state index in [4.69, 9.17) is 15.5 Å². The summed E-state index contributed by atoms with van der Waals surface area (Å²) in [6, 6.07) is 6.93. The number of rotatable bonds is 5. The lowest BCUT2D eigenvalue weighted by molar-refractivity contribution is -0.144. The van der Waals surface area contributed by atoms with Gasteiger partial charge in [-0.25, -0.2) is 4.79 Å². The van der Waals surface area contributed by atoms with Crippen LogP contribution >= 0.6 is 0 Å². The molecule has 0 fully saturated rings. The van der Waals surface area contributed by atoms with Crippen LogP contribution in [-0.4, -0.2) is 28.2 Å². The first-order valence-corrected chi connectivity index (χ1v) is 4.75.